The molecule has 1 aliphatic heterocycles. The molecule has 5 rings (SSSR count). The Balaban J connectivity index is 1.43. The first-order valence-electron chi connectivity index (χ1n) is 11.3. The number of aryl methyl sites for hydroxylation is 3. The Morgan fingerprint density at radius 1 is 0.853 bits per heavy atom. The second-order valence-electron chi connectivity index (χ2n) is 8.87. The summed E-state index contributed by atoms with van der Waals surface area (Å²) in [5.74, 6) is -0.176. The zero-order valence-electron chi connectivity index (χ0n) is 19.5. The fraction of sp³-hybridized carbons (Fsp3) is 0.172. The Kier molecular flexibility index (Phi) is 5.80. The smallest absolute Gasteiger partial charge is 0.258 e. The van der Waals surface area contributed by atoms with E-state index in [1.807, 2.05) is 80.3 Å². The van der Waals surface area contributed by atoms with E-state index in [-0.39, 0.29) is 11.8 Å². The molecule has 0 saturated carbocycles. The highest BCUT2D eigenvalue weighted by Gasteiger charge is 2.26. The standard InChI is InChI=1S/C29H26N2O2S/c1-18-8-9-19(2)25(14-18)28(32)30-23-10-11-24(20(3)15-23)29(33)31-17-27-22(12-13-34-27)16-21-6-4-5-7-26(21)31/h4-15H,16-17H2,1-3H3,(H,30,32). The molecule has 2 amide bonds. The molecular formula is C29H26N2O2S. The van der Waals surface area contributed by atoms with Crippen LogP contribution in [0.5, 0.6) is 0 Å². The fourth-order valence-electron chi connectivity index (χ4n) is 4.51. The van der Waals surface area contributed by atoms with E-state index in [1.54, 1.807) is 11.3 Å². The molecule has 0 unspecified atom stereocenters. The van der Waals surface area contributed by atoms with E-state index in [1.165, 1.54) is 10.4 Å². The van der Waals surface area contributed by atoms with Crippen molar-refractivity contribution >= 4 is 34.5 Å². The van der Waals surface area contributed by atoms with Crippen molar-refractivity contribution in [1.82, 2.24) is 0 Å². The number of carbonyl (C=O) groups excluding carboxylic acids is 2. The monoisotopic (exact) mass is 466 g/mol. The molecule has 2 heterocycles. The lowest BCUT2D eigenvalue weighted by molar-refractivity contribution is 0.0983. The highest BCUT2D eigenvalue weighted by molar-refractivity contribution is 7.10. The van der Waals surface area contributed by atoms with Crippen LogP contribution >= 0.6 is 11.3 Å². The molecule has 4 nitrogen and oxygen atoms in total. The maximum Gasteiger partial charge on any atom is 0.258 e. The van der Waals surface area contributed by atoms with Crippen LogP contribution in [-0.2, 0) is 13.0 Å². The number of benzene rings is 3. The summed E-state index contributed by atoms with van der Waals surface area (Å²) < 4.78 is 0. The molecule has 1 aliphatic rings. The van der Waals surface area contributed by atoms with E-state index in [0.717, 1.165) is 34.4 Å². The van der Waals surface area contributed by atoms with Gasteiger partial charge in [0, 0.05) is 33.8 Å². The minimum absolute atomic E-state index is 0.0291. The summed E-state index contributed by atoms with van der Waals surface area (Å²) in [5, 5.41) is 5.08. The third-order valence-corrected chi connectivity index (χ3v) is 7.35. The van der Waals surface area contributed by atoms with E-state index >= 15 is 0 Å². The molecule has 0 bridgehead atoms. The molecule has 0 saturated heterocycles. The normalized spacial score (nSPS) is 12.5. The van der Waals surface area contributed by atoms with Gasteiger partial charge in [-0.1, -0.05) is 35.9 Å². The maximum atomic E-state index is 13.7. The van der Waals surface area contributed by atoms with Crippen LogP contribution in [0.2, 0.25) is 0 Å². The number of rotatable bonds is 3. The van der Waals surface area contributed by atoms with Gasteiger partial charge in [-0.15, -0.1) is 11.3 Å². The molecule has 1 N–H and O–H groups in total. The van der Waals surface area contributed by atoms with Gasteiger partial charge in [-0.2, -0.15) is 0 Å². The van der Waals surface area contributed by atoms with Crippen LogP contribution in [0.4, 0.5) is 11.4 Å². The summed E-state index contributed by atoms with van der Waals surface area (Å²) in [7, 11) is 0. The van der Waals surface area contributed by atoms with Crippen LogP contribution in [0.15, 0.2) is 72.1 Å². The molecule has 0 fully saturated rings. The SMILES string of the molecule is Cc1ccc(C)c(C(=O)Nc2ccc(C(=O)N3Cc4sccc4Cc4ccccc43)c(C)c2)c1. The van der Waals surface area contributed by atoms with Gasteiger partial charge < -0.3 is 10.2 Å². The van der Waals surface area contributed by atoms with Crippen LogP contribution in [0.3, 0.4) is 0 Å². The van der Waals surface area contributed by atoms with Crippen molar-refractivity contribution in [2.24, 2.45) is 0 Å². The van der Waals surface area contributed by atoms with E-state index in [0.29, 0.717) is 23.4 Å². The Morgan fingerprint density at radius 2 is 1.68 bits per heavy atom. The van der Waals surface area contributed by atoms with Crippen LogP contribution in [-0.4, -0.2) is 11.8 Å². The molecule has 34 heavy (non-hydrogen) atoms. The van der Waals surface area contributed by atoms with Crippen LogP contribution in [0.25, 0.3) is 0 Å². The number of hydrogen-bond acceptors (Lipinski definition) is 3. The van der Waals surface area contributed by atoms with Gasteiger partial charge in [-0.05, 0) is 84.8 Å². The first kappa shape index (κ1) is 22.1. The molecule has 0 aliphatic carbocycles. The zero-order chi connectivity index (χ0) is 23.8. The average molecular weight is 467 g/mol. The largest absolute Gasteiger partial charge is 0.322 e. The number of nitrogens with zero attached hydrogens (tertiary/aromatic N) is 1. The van der Waals surface area contributed by atoms with Crippen molar-refractivity contribution in [3.8, 4) is 0 Å². The number of amides is 2. The Hall–Kier alpha value is -3.70. The number of fused-ring (bicyclic) bond motifs is 2. The Morgan fingerprint density at radius 3 is 2.50 bits per heavy atom. The van der Waals surface area contributed by atoms with E-state index in [9.17, 15) is 9.59 Å². The summed E-state index contributed by atoms with van der Waals surface area (Å²) in [4.78, 5) is 29.7. The Labute approximate surface area is 203 Å². The fourth-order valence-corrected chi connectivity index (χ4v) is 5.40. The lowest BCUT2D eigenvalue weighted by Gasteiger charge is -2.24. The first-order chi connectivity index (χ1) is 16.4. The number of para-hydroxylation sites is 1. The Bertz CT molecular complexity index is 1420. The number of nitrogens with one attached hydrogen (secondary N) is 1. The van der Waals surface area contributed by atoms with Gasteiger partial charge in [-0.25, -0.2) is 0 Å². The molecule has 0 radical (unpaired) electrons. The van der Waals surface area contributed by atoms with Gasteiger partial charge in [-0.3, -0.25) is 9.59 Å². The first-order valence-corrected chi connectivity index (χ1v) is 12.2. The molecule has 0 atom stereocenters. The van der Waals surface area contributed by atoms with Gasteiger partial charge in [0.1, 0.15) is 0 Å². The van der Waals surface area contributed by atoms with Crippen molar-refractivity contribution in [3.63, 3.8) is 0 Å². The van der Waals surface area contributed by atoms with Gasteiger partial charge >= 0.3 is 0 Å². The van der Waals surface area contributed by atoms with Crippen molar-refractivity contribution in [1.29, 1.82) is 0 Å². The highest BCUT2D eigenvalue weighted by Crippen LogP contribution is 2.34. The number of hydrogen-bond donors (Lipinski definition) is 1. The van der Waals surface area contributed by atoms with Gasteiger partial charge in [0.2, 0.25) is 0 Å². The summed E-state index contributed by atoms with van der Waals surface area (Å²) >= 11 is 1.70. The van der Waals surface area contributed by atoms with Crippen molar-refractivity contribution < 1.29 is 9.59 Å². The minimum Gasteiger partial charge on any atom is -0.322 e. The predicted octanol–water partition coefficient (Wildman–Crippen LogP) is 6.68. The second kappa shape index (κ2) is 8.92. The van der Waals surface area contributed by atoms with Crippen molar-refractivity contribution in [2.45, 2.75) is 33.7 Å². The molecule has 4 aromatic rings. The maximum absolute atomic E-state index is 13.7. The van der Waals surface area contributed by atoms with Gasteiger partial charge in [0.25, 0.3) is 11.8 Å². The number of anilines is 2. The third-order valence-electron chi connectivity index (χ3n) is 6.40. The quantitative estimate of drug-likeness (QED) is 0.366. The minimum atomic E-state index is -0.147. The van der Waals surface area contributed by atoms with Gasteiger partial charge in [0.15, 0.2) is 0 Å². The van der Waals surface area contributed by atoms with Crippen molar-refractivity contribution in [3.05, 3.63) is 116 Å². The summed E-state index contributed by atoms with van der Waals surface area (Å²) in [6, 6.07) is 21.6. The lowest BCUT2D eigenvalue weighted by Crippen LogP contribution is -2.30. The van der Waals surface area contributed by atoms with Crippen LogP contribution in [0, 0.1) is 20.8 Å². The average Bonchev–Trinajstić information content (AvgIpc) is 3.19. The molecule has 0 spiro atoms. The molecule has 5 heteroatoms. The summed E-state index contributed by atoms with van der Waals surface area (Å²) in [5.41, 5.74) is 8.18. The molecule has 3 aromatic carbocycles. The third kappa shape index (κ3) is 4.15. The second-order valence-corrected chi connectivity index (χ2v) is 9.87. The predicted molar refractivity (Wildman–Crippen MR) is 139 cm³/mol. The summed E-state index contributed by atoms with van der Waals surface area (Å²) in [6.07, 6.45) is 0.834. The number of thiophene rings is 1. The van der Waals surface area contributed by atoms with E-state index < -0.39 is 0 Å². The van der Waals surface area contributed by atoms with Crippen LogP contribution < -0.4 is 10.2 Å². The molecule has 170 valence electrons. The topological polar surface area (TPSA) is 49.4 Å². The lowest BCUT2D eigenvalue weighted by atomic mass is 10.0. The highest BCUT2D eigenvalue weighted by atomic mass is 32.1. The van der Waals surface area contributed by atoms with Crippen molar-refractivity contribution in [2.75, 3.05) is 10.2 Å². The zero-order valence-corrected chi connectivity index (χ0v) is 20.3. The summed E-state index contributed by atoms with van der Waals surface area (Å²) in [6.45, 7) is 6.38. The van der Waals surface area contributed by atoms with E-state index in [2.05, 4.69) is 22.8 Å². The van der Waals surface area contributed by atoms with Gasteiger partial charge in [0.05, 0.1) is 6.54 Å². The van der Waals surface area contributed by atoms with Crippen LogP contribution in [0.1, 0.15) is 53.4 Å². The molecular weight excluding hydrogens is 440 g/mol. The van der Waals surface area contributed by atoms with E-state index in [4.69, 9.17) is 0 Å². The number of carbonyl (C=O) groups is 2. The molecule has 1 aromatic heterocycles.